The Labute approximate surface area is 164 Å². The molecule has 2 aromatic carbocycles. The quantitative estimate of drug-likeness (QED) is 0.513. The number of fused-ring (bicyclic) bond motifs is 1. The summed E-state index contributed by atoms with van der Waals surface area (Å²) >= 11 is 0. The number of rotatable bonds is 7. The summed E-state index contributed by atoms with van der Waals surface area (Å²) in [6.07, 6.45) is 0. The molecule has 0 saturated heterocycles. The van der Waals surface area contributed by atoms with E-state index in [2.05, 4.69) is 15.3 Å². The summed E-state index contributed by atoms with van der Waals surface area (Å²) < 4.78 is 20.6. The Balaban J connectivity index is 1.66. The minimum absolute atomic E-state index is 0.138. The van der Waals surface area contributed by atoms with Crippen molar-refractivity contribution in [3.05, 3.63) is 46.4 Å². The largest absolute Gasteiger partial charge is 0.493 e. The number of H-pyrrole nitrogens is 2. The molecule has 1 heterocycles. The normalized spacial score (nSPS) is 10.4. The summed E-state index contributed by atoms with van der Waals surface area (Å²) in [6.45, 7) is -0.503. The van der Waals surface area contributed by atoms with E-state index in [0.717, 1.165) is 0 Å². The molecule has 1 aromatic heterocycles. The number of anilines is 1. The van der Waals surface area contributed by atoms with Crippen LogP contribution in [0.5, 0.6) is 17.2 Å². The maximum Gasteiger partial charge on any atom is 0.338 e. The van der Waals surface area contributed by atoms with Crippen LogP contribution < -0.4 is 25.2 Å². The molecule has 0 spiro atoms. The molecule has 10 nitrogen and oxygen atoms in total. The molecule has 152 valence electrons. The Bertz CT molecular complexity index is 1090. The van der Waals surface area contributed by atoms with Crippen LogP contribution in [0.4, 0.5) is 5.69 Å². The van der Waals surface area contributed by atoms with Crippen molar-refractivity contribution in [3.63, 3.8) is 0 Å². The number of carbonyl (C=O) groups excluding carboxylic acids is 2. The van der Waals surface area contributed by atoms with Gasteiger partial charge in [0.1, 0.15) is 0 Å². The number of benzene rings is 2. The van der Waals surface area contributed by atoms with Gasteiger partial charge in [0.05, 0.1) is 37.9 Å². The van der Waals surface area contributed by atoms with Gasteiger partial charge in [0.2, 0.25) is 5.75 Å². The molecule has 29 heavy (non-hydrogen) atoms. The SMILES string of the molecule is COc1cc(C(=O)OCC(=O)Nc2ccc3[nH]c(=O)[nH]c3c2)cc(OC)c1OC. The van der Waals surface area contributed by atoms with Gasteiger partial charge < -0.3 is 34.2 Å². The second-order valence-electron chi connectivity index (χ2n) is 5.88. The highest BCUT2D eigenvalue weighted by Crippen LogP contribution is 2.38. The number of nitrogens with one attached hydrogen (secondary N) is 3. The summed E-state index contributed by atoms with van der Waals surface area (Å²) in [4.78, 5) is 40.9. The smallest absolute Gasteiger partial charge is 0.338 e. The van der Waals surface area contributed by atoms with Crippen LogP contribution >= 0.6 is 0 Å². The van der Waals surface area contributed by atoms with Crippen molar-refractivity contribution in [2.24, 2.45) is 0 Å². The molecule has 0 radical (unpaired) electrons. The first-order valence-corrected chi connectivity index (χ1v) is 8.44. The first-order valence-electron chi connectivity index (χ1n) is 8.44. The van der Waals surface area contributed by atoms with Gasteiger partial charge in [0.15, 0.2) is 18.1 Å². The number of hydrogen-bond donors (Lipinski definition) is 3. The Hall–Kier alpha value is -3.95. The third-order valence-corrected chi connectivity index (χ3v) is 4.03. The summed E-state index contributed by atoms with van der Waals surface area (Å²) in [7, 11) is 4.30. The van der Waals surface area contributed by atoms with Gasteiger partial charge in [-0.1, -0.05) is 0 Å². The molecule has 0 unspecified atom stereocenters. The van der Waals surface area contributed by atoms with E-state index >= 15 is 0 Å². The molecular formula is C19H19N3O7. The average Bonchev–Trinajstić information content (AvgIpc) is 3.09. The van der Waals surface area contributed by atoms with E-state index in [9.17, 15) is 14.4 Å². The average molecular weight is 401 g/mol. The summed E-state index contributed by atoms with van der Waals surface area (Å²) in [5.41, 5.74) is 1.40. The number of ether oxygens (including phenoxy) is 4. The van der Waals surface area contributed by atoms with Crippen LogP contribution in [0.3, 0.4) is 0 Å². The lowest BCUT2D eigenvalue weighted by Gasteiger charge is -2.13. The number of hydrogen-bond acceptors (Lipinski definition) is 7. The van der Waals surface area contributed by atoms with Gasteiger partial charge >= 0.3 is 11.7 Å². The molecule has 0 aliphatic rings. The number of imidazole rings is 1. The van der Waals surface area contributed by atoms with E-state index in [0.29, 0.717) is 22.5 Å². The predicted octanol–water partition coefficient (Wildman–Crippen LogP) is 1.68. The van der Waals surface area contributed by atoms with Crippen molar-refractivity contribution in [2.45, 2.75) is 0 Å². The summed E-state index contributed by atoms with van der Waals surface area (Å²) in [5.74, 6) is -0.357. The van der Waals surface area contributed by atoms with E-state index in [1.165, 1.54) is 33.5 Å². The predicted molar refractivity (Wildman–Crippen MR) is 104 cm³/mol. The fourth-order valence-corrected chi connectivity index (χ4v) is 2.72. The Kier molecular flexibility index (Phi) is 5.72. The second kappa shape index (κ2) is 8.38. The lowest BCUT2D eigenvalue weighted by molar-refractivity contribution is -0.119. The maximum atomic E-state index is 12.3. The van der Waals surface area contributed by atoms with Gasteiger partial charge in [0.25, 0.3) is 5.91 Å². The molecule has 3 N–H and O–H groups in total. The zero-order valence-electron chi connectivity index (χ0n) is 16.0. The Morgan fingerprint density at radius 2 is 1.59 bits per heavy atom. The minimum atomic E-state index is -0.732. The first-order chi connectivity index (χ1) is 13.9. The zero-order valence-corrected chi connectivity index (χ0v) is 16.0. The highest BCUT2D eigenvalue weighted by Gasteiger charge is 2.18. The van der Waals surface area contributed by atoms with Crippen LogP contribution in [0.15, 0.2) is 35.1 Å². The second-order valence-corrected chi connectivity index (χ2v) is 5.88. The molecule has 0 saturated carbocycles. The van der Waals surface area contributed by atoms with E-state index in [1.807, 2.05) is 0 Å². The highest BCUT2D eigenvalue weighted by atomic mass is 16.5. The van der Waals surface area contributed by atoms with Gasteiger partial charge in [-0.15, -0.1) is 0 Å². The molecule has 0 atom stereocenters. The molecule has 10 heteroatoms. The molecular weight excluding hydrogens is 382 g/mol. The molecule has 0 fully saturated rings. The maximum absolute atomic E-state index is 12.3. The number of methoxy groups -OCH3 is 3. The third-order valence-electron chi connectivity index (χ3n) is 4.03. The van der Waals surface area contributed by atoms with Crippen LogP contribution in [0, 0.1) is 0 Å². The number of aromatic nitrogens is 2. The van der Waals surface area contributed by atoms with Gasteiger partial charge in [-0.3, -0.25) is 4.79 Å². The van der Waals surface area contributed by atoms with Crippen molar-refractivity contribution in [1.82, 2.24) is 9.97 Å². The third kappa shape index (κ3) is 4.32. The monoisotopic (exact) mass is 401 g/mol. The topological polar surface area (TPSA) is 132 Å². The lowest BCUT2D eigenvalue weighted by Crippen LogP contribution is -2.21. The van der Waals surface area contributed by atoms with Crippen LogP contribution in [-0.4, -0.2) is 49.8 Å². The van der Waals surface area contributed by atoms with Crippen molar-refractivity contribution < 1.29 is 28.5 Å². The number of esters is 1. The van der Waals surface area contributed by atoms with Crippen LogP contribution in [0.25, 0.3) is 11.0 Å². The molecule has 0 aliphatic heterocycles. The molecule has 1 amide bonds. The van der Waals surface area contributed by atoms with Gasteiger partial charge in [-0.25, -0.2) is 9.59 Å². The summed E-state index contributed by atoms with van der Waals surface area (Å²) in [5, 5.41) is 2.59. The fraction of sp³-hybridized carbons (Fsp3) is 0.211. The van der Waals surface area contributed by atoms with Gasteiger partial charge in [-0.05, 0) is 30.3 Å². The van der Waals surface area contributed by atoms with E-state index in [1.54, 1.807) is 18.2 Å². The Morgan fingerprint density at radius 3 is 2.21 bits per heavy atom. The van der Waals surface area contributed by atoms with E-state index in [-0.39, 0.29) is 22.8 Å². The molecule has 0 aliphatic carbocycles. The van der Waals surface area contributed by atoms with Gasteiger partial charge in [-0.2, -0.15) is 0 Å². The highest BCUT2D eigenvalue weighted by molar-refractivity contribution is 5.97. The van der Waals surface area contributed by atoms with E-state index in [4.69, 9.17) is 18.9 Å². The molecule has 0 bridgehead atoms. The van der Waals surface area contributed by atoms with Crippen LogP contribution in [0.1, 0.15) is 10.4 Å². The van der Waals surface area contributed by atoms with Crippen molar-refractivity contribution in [1.29, 1.82) is 0 Å². The minimum Gasteiger partial charge on any atom is -0.493 e. The first kappa shape index (κ1) is 19.8. The number of amides is 1. The van der Waals surface area contributed by atoms with E-state index < -0.39 is 18.5 Å². The van der Waals surface area contributed by atoms with Gasteiger partial charge in [0, 0.05) is 5.69 Å². The van der Waals surface area contributed by atoms with Crippen molar-refractivity contribution in [2.75, 3.05) is 33.3 Å². The van der Waals surface area contributed by atoms with Crippen LogP contribution in [0.2, 0.25) is 0 Å². The number of aromatic amines is 2. The Morgan fingerprint density at radius 1 is 0.931 bits per heavy atom. The van der Waals surface area contributed by atoms with Crippen molar-refractivity contribution in [3.8, 4) is 17.2 Å². The number of carbonyl (C=O) groups is 2. The fourth-order valence-electron chi connectivity index (χ4n) is 2.72. The standard InChI is InChI=1S/C19H19N3O7/c1-26-14-6-10(7-15(27-2)17(14)28-3)18(24)29-9-16(23)20-11-4-5-12-13(8-11)22-19(25)21-12/h4-8H,9H2,1-3H3,(H,20,23)(H2,21,22,25). The zero-order chi connectivity index (χ0) is 21.0. The van der Waals surface area contributed by atoms with Crippen LogP contribution in [-0.2, 0) is 9.53 Å². The molecule has 3 rings (SSSR count). The lowest BCUT2D eigenvalue weighted by atomic mass is 10.2. The van der Waals surface area contributed by atoms with Crippen molar-refractivity contribution >= 4 is 28.6 Å². The summed E-state index contributed by atoms with van der Waals surface area (Å²) in [6, 6.07) is 7.71. The molecule has 3 aromatic rings.